The van der Waals surface area contributed by atoms with Crippen LogP contribution in [0.2, 0.25) is 0 Å². The lowest BCUT2D eigenvalue weighted by atomic mass is 9.96. The van der Waals surface area contributed by atoms with Crippen LogP contribution in [0.3, 0.4) is 0 Å². The van der Waals surface area contributed by atoms with Gasteiger partial charge in [-0.05, 0) is 63.5 Å². The Kier molecular flexibility index (Phi) is 5.22. The van der Waals surface area contributed by atoms with Gasteiger partial charge in [-0.15, -0.1) is 0 Å². The second kappa shape index (κ2) is 8.05. The first-order chi connectivity index (χ1) is 16.3. The molecule has 1 saturated heterocycles. The minimum absolute atomic E-state index is 0.358. The van der Waals surface area contributed by atoms with Gasteiger partial charge in [-0.3, -0.25) is 4.90 Å². The second-order valence-electron chi connectivity index (χ2n) is 10.8. The fourth-order valence-electron chi connectivity index (χ4n) is 5.58. The van der Waals surface area contributed by atoms with Gasteiger partial charge >= 0.3 is 0 Å². The van der Waals surface area contributed by atoms with Gasteiger partial charge < -0.3 is 9.88 Å². The zero-order valence-electron chi connectivity index (χ0n) is 21.1. The summed E-state index contributed by atoms with van der Waals surface area (Å²) in [5.74, 6) is 1.30. The SMILES string of the molecule is Cc1c(-c2[nH]c3sc(N4C[C@@H](C)N(CC5CC5)C[C@@H]4C)nc3c2C(C)C)cn2ncnc2c1C. The molecule has 5 heterocycles. The Morgan fingerprint density at radius 2 is 1.91 bits per heavy atom. The normalized spacial score (nSPS) is 22.0. The van der Waals surface area contributed by atoms with Crippen LogP contribution >= 0.6 is 11.3 Å². The van der Waals surface area contributed by atoms with Gasteiger partial charge in [-0.25, -0.2) is 14.5 Å². The molecule has 8 heteroatoms. The Labute approximate surface area is 205 Å². The van der Waals surface area contributed by atoms with Crippen molar-refractivity contribution in [2.45, 2.75) is 72.4 Å². The van der Waals surface area contributed by atoms with Gasteiger partial charge in [0.15, 0.2) is 10.8 Å². The average Bonchev–Trinajstić information content (AvgIpc) is 3.18. The van der Waals surface area contributed by atoms with E-state index in [0.717, 1.165) is 35.3 Å². The van der Waals surface area contributed by atoms with E-state index in [4.69, 9.17) is 4.98 Å². The molecule has 2 atom stereocenters. The van der Waals surface area contributed by atoms with Crippen molar-refractivity contribution in [3.05, 3.63) is 29.2 Å². The van der Waals surface area contributed by atoms with Crippen molar-refractivity contribution in [1.82, 2.24) is 29.5 Å². The van der Waals surface area contributed by atoms with Crippen molar-refractivity contribution in [2.24, 2.45) is 5.92 Å². The van der Waals surface area contributed by atoms with Gasteiger partial charge in [0, 0.05) is 49.0 Å². The lowest BCUT2D eigenvalue weighted by Crippen LogP contribution is -2.56. The van der Waals surface area contributed by atoms with Crippen LogP contribution in [-0.4, -0.2) is 61.2 Å². The van der Waals surface area contributed by atoms with E-state index in [1.165, 1.54) is 52.2 Å². The number of aromatic amines is 1. The fourth-order valence-corrected chi connectivity index (χ4v) is 6.67. The molecule has 2 aliphatic rings. The molecule has 1 aliphatic carbocycles. The molecule has 6 rings (SSSR count). The maximum atomic E-state index is 5.25. The number of fused-ring (bicyclic) bond motifs is 2. The lowest BCUT2D eigenvalue weighted by molar-refractivity contribution is 0.159. The average molecular weight is 478 g/mol. The highest BCUT2D eigenvalue weighted by atomic mass is 32.1. The Morgan fingerprint density at radius 1 is 1.12 bits per heavy atom. The van der Waals surface area contributed by atoms with E-state index < -0.39 is 0 Å². The number of piperazine rings is 1. The van der Waals surface area contributed by atoms with E-state index in [1.807, 2.05) is 4.52 Å². The van der Waals surface area contributed by atoms with Crippen LogP contribution in [0.1, 0.15) is 63.1 Å². The third-order valence-corrected chi connectivity index (χ3v) is 8.91. The molecular weight excluding hydrogens is 442 g/mol. The quantitative estimate of drug-likeness (QED) is 0.418. The third kappa shape index (κ3) is 3.53. The molecule has 0 spiro atoms. The maximum Gasteiger partial charge on any atom is 0.188 e. The lowest BCUT2D eigenvalue weighted by Gasteiger charge is -2.44. The molecule has 34 heavy (non-hydrogen) atoms. The number of thiazole rings is 1. The summed E-state index contributed by atoms with van der Waals surface area (Å²) in [6, 6.07) is 1.05. The summed E-state index contributed by atoms with van der Waals surface area (Å²) < 4.78 is 1.89. The summed E-state index contributed by atoms with van der Waals surface area (Å²) in [7, 11) is 0. The van der Waals surface area contributed by atoms with Crippen molar-refractivity contribution in [3.63, 3.8) is 0 Å². The molecule has 0 amide bonds. The number of rotatable bonds is 5. The van der Waals surface area contributed by atoms with Crippen LogP contribution in [-0.2, 0) is 0 Å². The molecule has 4 aromatic heterocycles. The summed E-state index contributed by atoms with van der Waals surface area (Å²) in [4.78, 5) is 19.9. The molecule has 1 aliphatic heterocycles. The van der Waals surface area contributed by atoms with Crippen LogP contribution in [0.15, 0.2) is 12.5 Å². The van der Waals surface area contributed by atoms with Crippen molar-refractivity contribution in [2.75, 3.05) is 24.5 Å². The largest absolute Gasteiger partial charge is 0.344 e. The molecule has 0 aromatic carbocycles. The van der Waals surface area contributed by atoms with Gasteiger partial charge in [-0.2, -0.15) is 5.10 Å². The van der Waals surface area contributed by atoms with Crippen LogP contribution in [0.25, 0.3) is 27.3 Å². The number of hydrogen-bond donors (Lipinski definition) is 1. The first kappa shape index (κ1) is 22.0. The summed E-state index contributed by atoms with van der Waals surface area (Å²) >= 11 is 1.81. The van der Waals surface area contributed by atoms with Crippen LogP contribution < -0.4 is 4.90 Å². The van der Waals surface area contributed by atoms with Crippen LogP contribution in [0.4, 0.5) is 5.13 Å². The molecule has 0 unspecified atom stereocenters. The first-order valence-corrected chi connectivity index (χ1v) is 13.5. The van der Waals surface area contributed by atoms with E-state index in [1.54, 1.807) is 17.7 Å². The van der Waals surface area contributed by atoms with Gasteiger partial charge in [0.05, 0.1) is 5.69 Å². The van der Waals surface area contributed by atoms with Crippen LogP contribution in [0, 0.1) is 19.8 Å². The van der Waals surface area contributed by atoms with Gasteiger partial charge in [-0.1, -0.05) is 25.2 Å². The summed E-state index contributed by atoms with van der Waals surface area (Å²) in [6.07, 6.45) is 6.57. The maximum absolute atomic E-state index is 5.25. The van der Waals surface area contributed by atoms with Gasteiger partial charge in [0.25, 0.3) is 0 Å². The van der Waals surface area contributed by atoms with E-state index in [2.05, 4.69) is 72.6 Å². The van der Waals surface area contributed by atoms with Crippen molar-refractivity contribution in [3.8, 4) is 11.3 Å². The first-order valence-electron chi connectivity index (χ1n) is 12.6. The zero-order valence-corrected chi connectivity index (χ0v) is 21.9. The summed E-state index contributed by atoms with van der Waals surface area (Å²) in [5.41, 5.74) is 8.11. The number of aryl methyl sites for hydroxylation is 1. The number of pyridine rings is 1. The smallest absolute Gasteiger partial charge is 0.188 e. The van der Waals surface area contributed by atoms with Crippen molar-refractivity contribution < 1.29 is 0 Å². The Bertz CT molecular complexity index is 1360. The molecular formula is C26H35N7S. The number of aromatic nitrogens is 5. The monoisotopic (exact) mass is 477 g/mol. The molecule has 1 N–H and O–H groups in total. The highest BCUT2D eigenvalue weighted by molar-refractivity contribution is 7.21. The fraction of sp³-hybridized carbons (Fsp3) is 0.577. The zero-order chi connectivity index (χ0) is 23.7. The van der Waals surface area contributed by atoms with E-state index >= 15 is 0 Å². The van der Waals surface area contributed by atoms with Crippen molar-refractivity contribution >= 4 is 32.5 Å². The molecule has 180 valence electrons. The molecule has 0 radical (unpaired) electrons. The number of nitrogens with one attached hydrogen (secondary N) is 1. The molecule has 2 fully saturated rings. The second-order valence-corrected chi connectivity index (χ2v) is 11.8. The third-order valence-electron chi connectivity index (χ3n) is 7.90. The number of anilines is 1. The predicted octanol–water partition coefficient (Wildman–Crippen LogP) is 5.38. The molecule has 0 bridgehead atoms. The molecule has 4 aromatic rings. The minimum Gasteiger partial charge on any atom is -0.344 e. The Balaban J connectivity index is 1.38. The number of nitrogens with zero attached hydrogens (tertiary/aromatic N) is 6. The van der Waals surface area contributed by atoms with E-state index in [0.29, 0.717) is 18.0 Å². The predicted molar refractivity (Wildman–Crippen MR) is 140 cm³/mol. The van der Waals surface area contributed by atoms with Crippen molar-refractivity contribution in [1.29, 1.82) is 0 Å². The van der Waals surface area contributed by atoms with E-state index in [9.17, 15) is 0 Å². The standard InChI is InChI=1S/C26H35N7S/c1-14(2)21-22(20-12-33-24(27-13-28-33)18(6)17(20)5)29-25-23(21)30-26(34-25)32-10-15(3)31(9-16(32)4)11-19-7-8-19/h12-16,19,29H,7-11H2,1-6H3/t15-,16+/m1/s1. The summed E-state index contributed by atoms with van der Waals surface area (Å²) in [6.45, 7) is 17.0. The summed E-state index contributed by atoms with van der Waals surface area (Å²) in [5, 5.41) is 5.56. The topological polar surface area (TPSA) is 65.4 Å². The van der Waals surface area contributed by atoms with Gasteiger partial charge in [0.1, 0.15) is 16.7 Å². The molecule has 7 nitrogen and oxygen atoms in total. The van der Waals surface area contributed by atoms with Gasteiger partial charge in [0.2, 0.25) is 0 Å². The highest BCUT2D eigenvalue weighted by Crippen LogP contribution is 2.42. The minimum atomic E-state index is 0.358. The molecule has 1 saturated carbocycles. The van der Waals surface area contributed by atoms with Crippen LogP contribution in [0.5, 0.6) is 0 Å². The van der Waals surface area contributed by atoms with E-state index in [-0.39, 0.29) is 0 Å². The Hall–Kier alpha value is -2.45. The number of hydrogen-bond acceptors (Lipinski definition) is 6. The highest BCUT2D eigenvalue weighted by Gasteiger charge is 2.34. The number of H-pyrrole nitrogens is 1. The Morgan fingerprint density at radius 3 is 2.65 bits per heavy atom.